The van der Waals surface area contributed by atoms with Crippen LogP contribution in [0.25, 0.3) is 11.2 Å². The summed E-state index contributed by atoms with van der Waals surface area (Å²) in [4.78, 5) is 31.2. The van der Waals surface area contributed by atoms with Gasteiger partial charge in [0.2, 0.25) is 0 Å². The molecule has 3 rings (SSSR count). The highest BCUT2D eigenvalue weighted by molar-refractivity contribution is 5.81. The van der Waals surface area contributed by atoms with Crippen molar-refractivity contribution in [3.63, 3.8) is 0 Å². The summed E-state index contributed by atoms with van der Waals surface area (Å²) in [6, 6.07) is 5.26. The molecule has 0 fully saturated rings. The maximum Gasteiger partial charge on any atom is 0.327 e. The number of H-pyrrole nitrogens is 2. The van der Waals surface area contributed by atoms with Gasteiger partial charge in [0.1, 0.15) is 0 Å². The molecule has 0 atom stereocenters. The van der Waals surface area contributed by atoms with Crippen LogP contribution in [0.2, 0.25) is 0 Å². The fraction of sp³-hybridized carbons (Fsp3) is 0.143. The van der Waals surface area contributed by atoms with E-state index >= 15 is 0 Å². The van der Waals surface area contributed by atoms with Crippen LogP contribution in [0, 0.1) is 0 Å². The second kappa shape index (κ2) is 6.78. The zero-order valence-corrected chi connectivity index (χ0v) is 13.2. The van der Waals surface area contributed by atoms with Gasteiger partial charge >= 0.3 is 5.69 Å². The lowest BCUT2D eigenvalue weighted by Gasteiger charge is -2.07. The van der Waals surface area contributed by atoms with Gasteiger partial charge in [0.25, 0.3) is 11.5 Å². The third-order valence-corrected chi connectivity index (χ3v) is 3.15. The summed E-state index contributed by atoms with van der Waals surface area (Å²) >= 11 is 0. The first-order chi connectivity index (χ1) is 12.1. The Labute approximate surface area is 139 Å². The van der Waals surface area contributed by atoms with E-state index in [4.69, 9.17) is 9.47 Å². The molecule has 2 heterocycles. The largest absolute Gasteiger partial charge is 0.493 e. The van der Waals surface area contributed by atoms with Gasteiger partial charge < -0.3 is 9.47 Å². The van der Waals surface area contributed by atoms with Crippen molar-refractivity contribution in [3.8, 4) is 11.5 Å². The summed E-state index contributed by atoms with van der Waals surface area (Å²) in [5.74, 6) is 1.18. The fourth-order valence-electron chi connectivity index (χ4n) is 2.01. The average Bonchev–Trinajstić information content (AvgIpc) is 2.61. The highest BCUT2D eigenvalue weighted by atomic mass is 16.5. The molecule has 1 aromatic carbocycles. The summed E-state index contributed by atoms with van der Waals surface area (Å²) in [7, 11) is 3.08. The highest BCUT2D eigenvalue weighted by Gasteiger charge is 2.06. The zero-order chi connectivity index (χ0) is 17.8. The smallest absolute Gasteiger partial charge is 0.327 e. The van der Waals surface area contributed by atoms with E-state index in [-0.39, 0.29) is 17.1 Å². The monoisotopic (exact) mass is 343 g/mol. The van der Waals surface area contributed by atoms with Crippen LogP contribution in [0.4, 0.5) is 5.95 Å². The number of benzene rings is 1. The van der Waals surface area contributed by atoms with Crippen LogP contribution >= 0.6 is 0 Å². The molecule has 2 aromatic heterocycles. The number of aromatic nitrogens is 5. The number of aromatic amines is 2. The van der Waals surface area contributed by atoms with Gasteiger partial charge in [0.15, 0.2) is 22.7 Å². The minimum absolute atomic E-state index is 0.00701. The molecule has 0 aliphatic rings. The average molecular weight is 343 g/mol. The molecule has 0 aliphatic heterocycles. The molecule has 0 saturated heterocycles. The van der Waals surface area contributed by atoms with E-state index in [1.54, 1.807) is 25.3 Å². The first-order valence-corrected chi connectivity index (χ1v) is 6.99. The van der Waals surface area contributed by atoms with Crippen molar-refractivity contribution >= 4 is 23.3 Å². The maximum absolute atomic E-state index is 11.5. The molecular formula is C14H13N7O4. The summed E-state index contributed by atoms with van der Waals surface area (Å²) in [5, 5.41) is 11.4. The van der Waals surface area contributed by atoms with Crippen molar-refractivity contribution in [1.82, 2.24) is 25.1 Å². The van der Waals surface area contributed by atoms with Crippen LogP contribution in [0.1, 0.15) is 5.56 Å². The molecule has 0 bridgehead atoms. The van der Waals surface area contributed by atoms with E-state index in [0.717, 1.165) is 5.56 Å². The van der Waals surface area contributed by atoms with E-state index in [1.165, 1.54) is 13.3 Å². The van der Waals surface area contributed by atoms with Gasteiger partial charge in [-0.2, -0.15) is 10.1 Å². The van der Waals surface area contributed by atoms with E-state index in [1.807, 2.05) is 4.98 Å². The Morgan fingerprint density at radius 3 is 2.68 bits per heavy atom. The van der Waals surface area contributed by atoms with Crippen molar-refractivity contribution in [1.29, 1.82) is 0 Å². The van der Waals surface area contributed by atoms with Crippen LogP contribution in [0.3, 0.4) is 0 Å². The van der Waals surface area contributed by atoms with Gasteiger partial charge in [-0.15, -0.1) is 10.2 Å². The van der Waals surface area contributed by atoms with Crippen LogP contribution in [0.15, 0.2) is 32.9 Å². The van der Waals surface area contributed by atoms with Crippen molar-refractivity contribution < 1.29 is 9.47 Å². The third-order valence-electron chi connectivity index (χ3n) is 3.15. The summed E-state index contributed by atoms with van der Waals surface area (Å²) in [6.07, 6.45) is 1.51. The molecule has 25 heavy (non-hydrogen) atoms. The predicted molar refractivity (Wildman–Crippen MR) is 89.3 cm³/mol. The molecule has 128 valence electrons. The number of anilines is 1. The van der Waals surface area contributed by atoms with E-state index in [9.17, 15) is 9.59 Å². The summed E-state index contributed by atoms with van der Waals surface area (Å²) in [5.41, 5.74) is 1.89. The SMILES string of the molecule is COc1ccc(/C=N/Nc2nnc3c(=O)[nH]c(=O)[nH]c3n2)cc1OC. The van der Waals surface area contributed by atoms with Crippen molar-refractivity contribution in [3.05, 3.63) is 44.6 Å². The first-order valence-electron chi connectivity index (χ1n) is 6.99. The Morgan fingerprint density at radius 2 is 1.92 bits per heavy atom. The van der Waals surface area contributed by atoms with Crippen LogP contribution in [-0.2, 0) is 0 Å². The van der Waals surface area contributed by atoms with E-state index in [2.05, 4.69) is 30.7 Å². The number of hydrazone groups is 1. The van der Waals surface area contributed by atoms with Crippen LogP contribution < -0.4 is 26.1 Å². The lowest BCUT2D eigenvalue weighted by Crippen LogP contribution is -2.23. The Morgan fingerprint density at radius 1 is 1.12 bits per heavy atom. The number of nitrogens with one attached hydrogen (secondary N) is 3. The van der Waals surface area contributed by atoms with Gasteiger partial charge in [0, 0.05) is 0 Å². The molecule has 0 unspecified atom stereocenters. The molecule has 0 spiro atoms. The number of ether oxygens (including phenoxy) is 2. The molecule has 0 aliphatic carbocycles. The minimum atomic E-state index is -0.683. The minimum Gasteiger partial charge on any atom is -0.493 e. The van der Waals surface area contributed by atoms with Gasteiger partial charge in [0.05, 0.1) is 20.4 Å². The molecule has 11 nitrogen and oxygen atoms in total. The van der Waals surface area contributed by atoms with E-state index in [0.29, 0.717) is 11.5 Å². The van der Waals surface area contributed by atoms with Crippen molar-refractivity contribution in [2.45, 2.75) is 0 Å². The number of hydrogen-bond donors (Lipinski definition) is 3. The van der Waals surface area contributed by atoms with Gasteiger partial charge in [-0.05, 0) is 23.8 Å². The third kappa shape index (κ3) is 3.44. The Bertz CT molecular complexity index is 1060. The lowest BCUT2D eigenvalue weighted by molar-refractivity contribution is 0.355. The number of fused-ring (bicyclic) bond motifs is 1. The summed E-state index contributed by atoms with van der Waals surface area (Å²) < 4.78 is 10.4. The fourth-order valence-corrected chi connectivity index (χ4v) is 2.01. The lowest BCUT2D eigenvalue weighted by atomic mass is 10.2. The standard InChI is InChI=1S/C14H13N7O4/c1-24-8-4-3-7(5-9(8)25-2)6-15-20-13-16-11-10(19-21-13)12(22)18-14(23)17-11/h3-6H,1-2H3,(H3,16,17,18,20,21,22,23)/b15-6+. The van der Waals surface area contributed by atoms with Crippen molar-refractivity contribution in [2.75, 3.05) is 19.6 Å². The Hall–Kier alpha value is -3.76. The van der Waals surface area contributed by atoms with Crippen LogP contribution in [-0.4, -0.2) is 45.6 Å². The number of methoxy groups -OCH3 is 2. The number of rotatable bonds is 5. The van der Waals surface area contributed by atoms with Crippen LogP contribution in [0.5, 0.6) is 11.5 Å². The molecule has 0 amide bonds. The number of nitrogens with zero attached hydrogens (tertiary/aromatic N) is 4. The first kappa shape index (κ1) is 16.1. The highest BCUT2D eigenvalue weighted by Crippen LogP contribution is 2.26. The quantitative estimate of drug-likeness (QED) is 0.428. The predicted octanol–water partition coefficient (Wildman–Crippen LogP) is -0.135. The van der Waals surface area contributed by atoms with E-state index < -0.39 is 11.2 Å². The van der Waals surface area contributed by atoms with Gasteiger partial charge in [-0.1, -0.05) is 0 Å². The van der Waals surface area contributed by atoms with Gasteiger partial charge in [-0.3, -0.25) is 14.8 Å². The molecule has 0 radical (unpaired) electrons. The second-order valence-electron chi connectivity index (χ2n) is 4.73. The molecule has 3 aromatic rings. The molecular weight excluding hydrogens is 330 g/mol. The number of hydrogen-bond acceptors (Lipinski definition) is 9. The normalized spacial score (nSPS) is 11.0. The zero-order valence-electron chi connectivity index (χ0n) is 13.2. The Balaban J connectivity index is 1.81. The Kier molecular flexibility index (Phi) is 4.37. The second-order valence-corrected chi connectivity index (χ2v) is 4.73. The molecule has 0 saturated carbocycles. The topological polar surface area (TPSA) is 147 Å². The molecule has 11 heteroatoms. The summed E-state index contributed by atoms with van der Waals surface area (Å²) in [6.45, 7) is 0. The maximum atomic E-state index is 11.5. The molecule has 3 N–H and O–H groups in total. The van der Waals surface area contributed by atoms with Gasteiger partial charge in [-0.25, -0.2) is 10.2 Å². The van der Waals surface area contributed by atoms with Crippen molar-refractivity contribution in [2.24, 2.45) is 5.10 Å².